The first-order chi connectivity index (χ1) is 13.0. The van der Waals surface area contributed by atoms with Gasteiger partial charge in [-0.1, -0.05) is 23.7 Å². The first kappa shape index (κ1) is 20.1. The zero-order chi connectivity index (χ0) is 19.2. The molecule has 4 nitrogen and oxygen atoms in total. The predicted molar refractivity (Wildman–Crippen MR) is 107 cm³/mol. The molecule has 2 aromatic rings. The fraction of sp³-hybridized carbons (Fsp3) is 0.429. The minimum absolute atomic E-state index is 0.0905. The fourth-order valence-corrected chi connectivity index (χ4v) is 3.40. The highest BCUT2D eigenvalue weighted by Crippen LogP contribution is 2.20. The van der Waals surface area contributed by atoms with Gasteiger partial charge in [0.25, 0.3) is 0 Å². The van der Waals surface area contributed by atoms with Crippen molar-refractivity contribution in [2.24, 2.45) is 0 Å². The summed E-state index contributed by atoms with van der Waals surface area (Å²) in [4.78, 5) is 4.47. The van der Waals surface area contributed by atoms with Gasteiger partial charge in [-0.3, -0.25) is 4.90 Å². The van der Waals surface area contributed by atoms with Gasteiger partial charge in [0.15, 0.2) is 0 Å². The van der Waals surface area contributed by atoms with Crippen LogP contribution in [0.4, 0.5) is 10.1 Å². The third-order valence-electron chi connectivity index (χ3n) is 4.91. The van der Waals surface area contributed by atoms with Crippen molar-refractivity contribution in [1.82, 2.24) is 4.90 Å². The number of aliphatic hydroxyl groups excluding tert-OH is 1. The quantitative estimate of drug-likeness (QED) is 0.778. The van der Waals surface area contributed by atoms with Crippen molar-refractivity contribution in [2.45, 2.75) is 19.1 Å². The summed E-state index contributed by atoms with van der Waals surface area (Å²) in [6, 6.07) is 14.2. The van der Waals surface area contributed by atoms with E-state index < -0.39 is 6.10 Å². The molecule has 146 valence electrons. The lowest BCUT2D eigenvalue weighted by Crippen LogP contribution is -2.49. The summed E-state index contributed by atoms with van der Waals surface area (Å²) in [7, 11) is 0. The maximum atomic E-state index is 13.0. The fourth-order valence-electron chi connectivity index (χ4n) is 3.28. The highest BCUT2D eigenvalue weighted by Gasteiger charge is 2.20. The third kappa shape index (κ3) is 5.91. The van der Waals surface area contributed by atoms with Gasteiger partial charge in [0.1, 0.15) is 5.82 Å². The van der Waals surface area contributed by atoms with E-state index in [0.29, 0.717) is 18.2 Å². The number of β-amino-alcohol motifs (C(OH)–C–C–N with tert-alkyl or cyclic N) is 1. The van der Waals surface area contributed by atoms with Crippen molar-refractivity contribution in [2.75, 3.05) is 44.2 Å². The van der Waals surface area contributed by atoms with Crippen LogP contribution in [0.3, 0.4) is 0 Å². The van der Waals surface area contributed by atoms with Crippen molar-refractivity contribution in [1.29, 1.82) is 0 Å². The lowest BCUT2D eigenvalue weighted by Gasteiger charge is -2.37. The number of hydrogen-bond donors (Lipinski definition) is 1. The van der Waals surface area contributed by atoms with Gasteiger partial charge in [-0.15, -0.1) is 0 Å². The van der Waals surface area contributed by atoms with Crippen LogP contribution in [0.15, 0.2) is 48.5 Å². The number of hydrogen-bond acceptors (Lipinski definition) is 4. The molecule has 0 bridgehead atoms. The second-order valence-electron chi connectivity index (χ2n) is 6.95. The van der Waals surface area contributed by atoms with Crippen molar-refractivity contribution in [3.63, 3.8) is 0 Å². The lowest BCUT2D eigenvalue weighted by molar-refractivity contribution is -0.0162. The van der Waals surface area contributed by atoms with Gasteiger partial charge in [-0.25, -0.2) is 4.39 Å². The second-order valence-corrected chi connectivity index (χ2v) is 7.38. The monoisotopic (exact) mass is 392 g/mol. The molecule has 2 atom stereocenters. The molecule has 1 N–H and O–H groups in total. The summed E-state index contributed by atoms with van der Waals surface area (Å²) >= 11 is 5.90. The Morgan fingerprint density at radius 3 is 2.30 bits per heavy atom. The molecule has 1 saturated heterocycles. The number of piperazine rings is 1. The van der Waals surface area contributed by atoms with Crippen LogP contribution in [0.1, 0.15) is 18.6 Å². The Kier molecular flexibility index (Phi) is 7.07. The molecule has 1 fully saturated rings. The average molecular weight is 393 g/mol. The van der Waals surface area contributed by atoms with Crippen LogP contribution >= 0.6 is 11.6 Å². The van der Waals surface area contributed by atoms with Crippen LogP contribution in [-0.4, -0.2) is 55.4 Å². The first-order valence-corrected chi connectivity index (χ1v) is 9.67. The van der Waals surface area contributed by atoms with Crippen molar-refractivity contribution in [3.05, 3.63) is 64.9 Å². The smallest absolute Gasteiger partial charge is 0.123 e. The minimum Gasteiger partial charge on any atom is -0.389 e. The Balaban J connectivity index is 1.39. The molecule has 1 aliphatic heterocycles. The summed E-state index contributed by atoms with van der Waals surface area (Å²) in [5.74, 6) is -0.215. The van der Waals surface area contributed by atoms with Gasteiger partial charge < -0.3 is 14.7 Å². The Morgan fingerprint density at radius 2 is 1.67 bits per heavy atom. The van der Waals surface area contributed by atoms with E-state index in [9.17, 15) is 9.50 Å². The molecule has 0 aliphatic carbocycles. The molecule has 0 amide bonds. The second kappa shape index (κ2) is 9.51. The highest BCUT2D eigenvalue weighted by molar-refractivity contribution is 6.30. The SMILES string of the molecule is CC(OCC(O)CN1CCN(c2ccc(F)cc2)CC1)c1ccc(Cl)cc1. The first-order valence-electron chi connectivity index (χ1n) is 9.29. The van der Waals surface area contributed by atoms with Crippen molar-refractivity contribution in [3.8, 4) is 0 Å². The van der Waals surface area contributed by atoms with E-state index in [4.69, 9.17) is 16.3 Å². The van der Waals surface area contributed by atoms with E-state index in [2.05, 4.69) is 9.80 Å². The maximum Gasteiger partial charge on any atom is 0.123 e. The molecule has 3 rings (SSSR count). The topological polar surface area (TPSA) is 35.9 Å². The summed E-state index contributed by atoms with van der Waals surface area (Å²) < 4.78 is 18.8. The van der Waals surface area contributed by atoms with Crippen LogP contribution in [0, 0.1) is 5.82 Å². The number of aliphatic hydroxyl groups is 1. The summed E-state index contributed by atoms with van der Waals surface area (Å²) in [6.07, 6.45) is -0.621. The normalized spacial score (nSPS) is 17.7. The maximum absolute atomic E-state index is 13.0. The lowest BCUT2D eigenvalue weighted by atomic mass is 10.1. The zero-order valence-corrected chi connectivity index (χ0v) is 16.3. The molecular weight excluding hydrogens is 367 g/mol. The Labute approximate surface area is 165 Å². The van der Waals surface area contributed by atoms with Gasteiger partial charge in [0, 0.05) is 43.4 Å². The van der Waals surface area contributed by atoms with Crippen LogP contribution in [0.25, 0.3) is 0 Å². The summed E-state index contributed by atoms with van der Waals surface area (Å²) in [5, 5.41) is 11.0. The number of rotatable bonds is 7. The number of benzene rings is 2. The average Bonchev–Trinajstić information content (AvgIpc) is 2.68. The van der Waals surface area contributed by atoms with Gasteiger partial charge >= 0.3 is 0 Å². The molecule has 27 heavy (non-hydrogen) atoms. The van der Waals surface area contributed by atoms with Crippen molar-refractivity contribution >= 4 is 17.3 Å². The Hall–Kier alpha value is -1.66. The number of nitrogens with zero attached hydrogens (tertiary/aromatic N) is 2. The number of halogens is 2. The number of anilines is 1. The van der Waals surface area contributed by atoms with E-state index >= 15 is 0 Å². The number of ether oxygens (including phenoxy) is 1. The van der Waals surface area contributed by atoms with Crippen LogP contribution in [0.5, 0.6) is 0 Å². The standard InChI is InChI=1S/C21H26ClFN2O2/c1-16(17-2-4-18(22)5-3-17)27-15-21(26)14-24-10-12-25(13-11-24)20-8-6-19(23)7-9-20/h2-9,16,21,26H,10-15H2,1H3. The Bertz CT molecular complexity index is 703. The molecular formula is C21H26ClFN2O2. The molecule has 0 aromatic heterocycles. The third-order valence-corrected chi connectivity index (χ3v) is 5.16. The molecule has 1 aliphatic rings. The van der Waals surface area contributed by atoms with Crippen LogP contribution in [-0.2, 0) is 4.74 Å². The van der Waals surface area contributed by atoms with Gasteiger partial charge in [0.05, 0.1) is 18.8 Å². The van der Waals surface area contributed by atoms with E-state index in [-0.39, 0.29) is 11.9 Å². The molecule has 0 radical (unpaired) electrons. The highest BCUT2D eigenvalue weighted by atomic mass is 35.5. The molecule has 2 aromatic carbocycles. The summed E-state index contributed by atoms with van der Waals surface area (Å²) in [6.45, 7) is 6.30. The van der Waals surface area contributed by atoms with Gasteiger partial charge in [-0.2, -0.15) is 0 Å². The summed E-state index contributed by atoms with van der Waals surface area (Å²) in [5.41, 5.74) is 2.08. The predicted octanol–water partition coefficient (Wildman–Crippen LogP) is 3.74. The molecule has 0 saturated carbocycles. The minimum atomic E-state index is -0.530. The van der Waals surface area contributed by atoms with Crippen LogP contribution in [0.2, 0.25) is 5.02 Å². The van der Waals surface area contributed by atoms with E-state index in [0.717, 1.165) is 37.4 Å². The molecule has 2 unspecified atom stereocenters. The van der Waals surface area contributed by atoms with Crippen molar-refractivity contribution < 1.29 is 14.2 Å². The van der Waals surface area contributed by atoms with Gasteiger partial charge in [0.2, 0.25) is 0 Å². The Morgan fingerprint density at radius 1 is 1.04 bits per heavy atom. The van der Waals surface area contributed by atoms with Gasteiger partial charge in [-0.05, 0) is 48.9 Å². The zero-order valence-electron chi connectivity index (χ0n) is 15.5. The van der Waals surface area contributed by atoms with E-state index in [1.54, 1.807) is 0 Å². The van der Waals surface area contributed by atoms with E-state index in [1.807, 2.05) is 43.3 Å². The van der Waals surface area contributed by atoms with Crippen LogP contribution < -0.4 is 4.90 Å². The molecule has 0 spiro atoms. The molecule has 1 heterocycles. The largest absolute Gasteiger partial charge is 0.389 e. The van der Waals surface area contributed by atoms with E-state index in [1.165, 1.54) is 12.1 Å². The molecule has 6 heteroatoms.